The van der Waals surface area contributed by atoms with Gasteiger partial charge in [-0.3, -0.25) is 4.79 Å². The Morgan fingerprint density at radius 3 is 2.81 bits per heavy atom. The van der Waals surface area contributed by atoms with E-state index >= 15 is 0 Å². The van der Waals surface area contributed by atoms with Crippen molar-refractivity contribution >= 4 is 5.91 Å². The van der Waals surface area contributed by atoms with Crippen LogP contribution in [0.1, 0.15) is 40.2 Å². The van der Waals surface area contributed by atoms with E-state index in [9.17, 15) is 4.79 Å². The largest absolute Gasteiger partial charge is 0.497 e. The van der Waals surface area contributed by atoms with Gasteiger partial charge < -0.3 is 20.1 Å². The van der Waals surface area contributed by atoms with Crippen molar-refractivity contribution in [3.8, 4) is 11.5 Å². The van der Waals surface area contributed by atoms with Gasteiger partial charge in [-0.15, -0.1) is 0 Å². The fourth-order valence-corrected chi connectivity index (χ4v) is 3.54. The molecule has 2 N–H and O–H groups in total. The number of benzene rings is 2. The lowest BCUT2D eigenvalue weighted by Crippen LogP contribution is -2.29. The highest BCUT2D eigenvalue weighted by Crippen LogP contribution is 2.25. The van der Waals surface area contributed by atoms with Gasteiger partial charge in [0.2, 0.25) is 0 Å². The number of rotatable bonds is 7. The number of carbonyl (C=O) groups excluding carboxylic acids is 1. The van der Waals surface area contributed by atoms with E-state index in [1.54, 1.807) is 14.2 Å². The average molecular weight is 368 g/mol. The van der Waals surface area contributed by atoms with Crippen LogP contribution in [0.2, 0.25) is 0 Å². The molecule has 1 amide bonds. The Hall–Kier alpha value is -2.53. The van der Waals surface area contributed by atoms with Gasteiger partial charge in [-0.25, -0.2) is 0 Å². The molecule has 0 aromatic heterocycles. The number of methoxy groups -OCH3 is 2. The molecule has 1 fully saturated rings. The lowest BCUT2D eigenvalue weighted by atomic mass is 9.90. The third kappa shape index (κ3) is 5.01. The zero-order valence-corrected chi connectivity index (χ0v) is 16.1. The van der Waals surface area contributed by atoms with Gasteiger partial charge in [-0.2, -0.15) is 0 Å². The zero-order valence-electron chi connectivity index (χ0n) is 16.1. The van der Waals surface area contributed by atoms with Crippen LogP contribution in [0.3, 0.4) is 0 Å². The summed E-state index contributed by atoms with van der Waals surface area (Å²) in [6.45, 7) is 2.63. The molecule has 2 aromatic carbocycles. The van der Waals surface area contributed by atoms with E-state index in [1.807, 2.05) is 36.4 Å². The number of ether oxygens (including phenoxy) is 2. The lowest BCUT2D eigenvalue weighted by Gasteiger charge is -2.23. The smallest absolute Gasteiger partial charge is 0.251 e. The molecule has 0 spiro atoms. The summed E-state index contributed by atoms with van der Waals surface area (Å²) in [4.78, 5) is 12.5. The Kier molecular flexibility index (Phi) is 6.71. The summed E-state index contributed by atoms with van der Waals surface area (Å²) in [6.07, 6.45) is 3.06. The minimum absolute atomic E-state index is 0.0342. The molecule has 0 aliphatic carbocycles. The second-order valence-corrected chi connectivity index (χ2v) is 6.85. The van der Waals surface area contributed by atoms with Crippen LogP contribution in [0.4, 0.5) is 0 Å². The van der Waals surface area contributed by atoms with Crippen LogP contribution < -0.4 is 20.1 Å². The maximum absolute atomic E-state index is 12.5. The summed E-state index contributed by atoms with van der Waals surface area (Å²) < 4.78 is 10.6. The number of amides is 1. The summed E-state index contributed by atoms with van der Waals surface area (Å²) >= 11 is 0. The van der Waals surface area contributed by atoms with Crippen molar-refractivity contribution in [1.29, 1.82) is 0 Å². The van der Waals surface area contributed by atoms with Gasteiger partial charge in [0.15, 0.2) is 0 Å². The molecule has 1 atom stereocenters. The van der Waals surface area contributed by atoms with Crippen molar-refractivity contribution in [2.75, 3.05) is 33.9 Å². The highest BCUT2D eigenvalue weighted by molar-refractivity contribution is 5.94. The molecule has 2 aromatic rings. The molecular formula is C22H28N2O3. The van der Waals surface area contributed by atoms with Crippen molar-refractivity contribution in [2.45, 2.75) is 25.2 Å². The zero-order chi connectivity index (χ0) is 19.1. The van der Waals surface area contributed by atoms with E-state index in [2.05, 4.69) is 16.7 Å². The number of hydrogen-bond acceptors (Lipinski definition) is 4. The van der Waals surface area contributed by atoms with E-state index in [0.717, 1.165) is 35.7 Å². The minimum atomic E-state index is -0.0342. The quantitative estimate of drug-likeness (QED) is 0.788. The predicted molar refractivity (Wildman–Crippen MR) is 107 cm³/mol. The predicted octanol–water partition coefficient (Wildman–Crippen LogP) is 3.14. The first-order chi connectivity index (χ1) is 13.2. The average Bonchev–Trinajstić information content (AvgIpc) is 2.74. The van der Waals surface area contributed by atoms with Crippen LogP contribution in [-0.2, 0) is 6.42 Å². The van der Waals surface area contributed by atoms with Gasteiger partial charge in [0.05, 0.1) is 14.2 Å². The van der Waals surface area contributed by atoms with E-state index in [-0.39, 0.29) is 5.91 Å². The number of nitrogens with one attached hydrogen (secondary N) is 2. The molecule has 27 heavy (non-hydrogen) atoms. The Balaban J connectivity index is 1.58. The number of carbonyl (C=O) groups is 1. The highest BCUT2D eigenvalue weighted by Gasteiger charge is 2.16. The first-order valence-electron chi connectivity index (χ1n) is 9.51. The minimum Gasteiger partial charge on any atom is -0.497 e. The monoisotopic (exact) mass is 368 g/mol. The fraction of sp³-hybridized carbons (Fsp3) is 0.409. The van der Waals surface area contributed by atoms with Crippen LogP contribution >= 0.6 is 0 Å². The molecular weight excluding hydrogens is 340 g/mol. The maximum Gasteiger partial charge on any atom is 0.251 e. The number of piperidine rings is 1. The van der Waals surface area contributed by atoms with E-state index in [1.165, 1.54) is 18.4 Å². The third-order valence-electron chi connectivity index (χ3n) is 5.09. The summed E-state index contributed by atoms with van der Waals surface area (Å²) in [7, 11) is 3.27. The molecule has 1 saturated heterocycles. The van der Waals surface area contributed by atoms with Crippen molar-refractivity contribution in [3.05, 3.63) is 59.2 Å². The van der Waals surface area contributed by atoms with Gasteiger partial charge >= 0.3 is 0 Å². The summed E-state index contributed by atoms with van der Waals surface area (Å²) in [5, 5.41) is 6.45. The fourth-order valence-electron chi connectivity index (χ4n) is 3.54. The number of hydrogen-bond donors (Lipinski definition) is 2. The molecule has 0 saturated carbocycles. The van der Waals surface area contributed by atoms with Crippen LogP contribution in [0.15, 0.2) is 42.5 Å². The second kappa shape index (κ2) is 9.42. The Bertz CT molecular complexity index is 770. The molecule has 144 valence electrons. The van der Waals surface area contributed by atoms with Gasteiger partial charge in [0.1, 0.15) is 11.5 Å². The maximum atomic E-state index is 12.5. The van der Waals surface area contributed by atoms with Crippen LogP contribution in [0, 0.1) is 0 Å². The van der Waals surface area contributed by atoms with Crippen LogP contribution in [0.5, 0.6) is 11.5 Å². The van der Waals surface area contributed by atoms with E-state index < -0.39 is 0 Å². The normalized spacial score (nSPS) is 16.6. The van der Waals surface area contributed by atoms with Crippen LogP contribution in [0.25, 0.3) is 0 Å². The molecule has 5 nitrogen and oxygen atoms in total. The van der Waals surface area contributed by atoms with Gasteiger partial charge in [-0.05, 0) is 61.1 Å². The molecule has 5 heteroatoms. The Morgan fingerprint density at radius 2 is 2.07 bits per heavy atom. The van der Waals surface area contributed by atoms with Crippen molar-refractivity contribution in [2.24, 2.45) is 0 Å². The first-order valence-corrected chi connectivity index (χ1v) is 9.51. The summed E-state index contributed by atoms with van der Waals surface area (Å²) in [6, 6.07) is 13.7. The molecule has 0 bridgehead atoms. The van der Waals surface area contributed by atoms with Crippen LogP contribution in [-0.4, -0.2) is 39.8 Å². The topological polar surface area (TPSA) is 59.6 Å². The molecule has 1 unspecified atom stereocenters. The third-order valence-corrected chi connectivity index (χ3v) is 5.09. The summed E-state index contributed by atoms with van der Waals surface area (Å²) in [5.41, 5.74) is 3.01. The SMILES string of the molecule is COc1ccc(CCNC(=O)c2cccc(C3CCCNC3)c2)c(OC)c1. The van der Waals surface area contributed by atoms with E-state index in [0.29, 0.717) is 18.9 Å². The van der Waals surface area contributed by atoms with Gasteiger partial charge in [0.25, 0.3) is 5.91 Å². The van der Waals surface area contributed by atoms with Crippen molar-refractivity contribution < 1.29 is 14.3 Å². The highest BCUT2D eigenvalue weighted by atomic mass is 16.5. The van der Waals surface area contributed by atoms with E-state index in [4.69, 9.17) is 9.47 Å². The Labute approximate surface area is 161 Å². The molecule has 1 aliphatic heterocycles. The molecule has 1 aliphatic rings. The van der Waals surface area contributed by atoms with Gasteiger partial charge in [-0.1, -0.05) is 18.2 Å². The first kappa shape index (κ1) is 19.2. The second-order valence-electron chi connectivity index (χ2n) is 6.85. The molecule has 1 heterocycles. The standard InChI is InChI=1S/C22H28N2O3/c1-26-20-9-8-16(21(14-20)27-2)10-12-24-22(25)18-6-3-5-17(13-18)19-7-4-11-23-15-19/h3,5-6,8-9,13-14,19,23H,4,7,10-12,15H2,1-2H3,(H,24,25). The molecule has 3 rings (SSSR count). The lowest BCUT2D eigenvalue weighted by molar-refractivity contribution is 0.0954. The summed E-state index contributed by atoms with van der Waals surface area (Å²) in [5.74, 6) is 1.99. The van der Waals surface area contributed by atoms with Gasteiger partial charge in [0, 0.05) is 24.7 Å². The molecule has 0 radical (unpaired) electrons. The van der Waals surface area contributed by atoms with Crippen molar-refractivity contribution in [3.63, 3.8) is 0 Å². The van der Waals surface area contributed by atoms with Crippen molar-refractivity contribution in [1.82, 2.24) is 10.6 Å². The Morgan fingerprint density at radius 1 is 1.19 bits per heavy atom.